The van der Waals surface area contributed by atoms with Crippen molar-refractivity contribution in [3.63, 3.8) is 0 Å². The largest absolute Gasteiger partial charge is 0.478 e. The van der Waals surface area contributed by atoms with E-state index in [4.69, 9.17) is 28.3 Å². The first-order valence-corrected chi connectivity index (χ1v) is 9.25. The molecule has 1 N–H and O–H groups in total. The molecule has 2 heterocycles. The first-order chi connectivity index (χ1) is 13.0. The standard InChI is InChI=1S/C18H9Cl2N3O3S/c19-11-2-1-3-12(20)13(11)16(24)23-17-15(21-8-27-17)14(22-23)9-4-6-10(7-5-9)18(25)26/h1-8H,(H,25,26). The van der Waals surface area contributed by atoms with Crippen molar-refractivity contribution < 1.29 is 14.7 Å². The zero-order valence-corrected chi connectivity index (χ0v) is 15.7. The van der Waals surface area contributed by atoms with Crippen LogP contribution in [-0.2, 0) is 0 Å². The number of rotatable bonds is 3. The molecule has 0 aliphatic carbocycles. The molecule has 4 aromatic rings. The van der Waals surface area contributed by atoms with Crippen molar-refractivity contribution in [3.8, 4) is 11.3 Å². The Morgan fingerprint density at radius 2 is 1.70 bits per heavy atom. The molecule has 0 bridgehead atoms. The van der Waals surface area contributed by atoms with E-state index in [0.717, 1.165) is 0 Å². The molecule has 6 nitrogen and oxygen atoms in total. The van der Waals surface area contributed by atoms with Gasteiger partial charge in [0.25, 0.3) is 5.91 Å². The lowest BCUT2D eigenvalue weighted by Crippen LogP contribution is -2.14. The van der Waals surface area contributed by atoms with Crippen LogP contribution in [0.3, 0.4) is 0 Å². The lowest BCUT2D eigenvalue weighted by molar-refractivity contribution is 0.0696. The highest BCUT2D eigenvalue weighted by Crippen LogP contribution is 2.32. The van der Waals surface area contributed by atoms with Crippen LogP contribution in [0.4, 0.5) is 0 Å². The summed E-state index contributed by atoms with van der Waals surface area (Å²) in [6, 6.07) is 11.0. The number of aromatic carboxylic acids is 1. The Bertz CT molecular complexity index is 1180. The monoisotopic (exact) mass is 417 g/mol. The van der Waals surface area contributed by atoms with Crippen molar-refractivity contribution >= 4 is 56.8 Å². The molecular weight excluding hydrogens is 409 g/mol. The molecule has 134 valence electrons. The molecule has 4 rings (SSSR count). The van der Waals surface area contributed by atoms with Crippen LogP contribution in [0.1, 0.15) is 20.7 Å². The van der Waals surface area contributed by atoms with Crippen molar-refractivity contribution in [1.82, 2.24) is 14.8 Å². The summed E-state index contributed by atoms with van der Waals surface area (Å²) in [6.45, 7) is 0. The van der Waals surface area contributed by atoms with Crippen LogP contribution in [0, 0.1) is 0 Å². The quantitative estimate of drug-likeness (QED) is 0.514. The molecule has 9 heteroatoms. The van der Waals surface area contributed by atoms with E-state index in [9.17, 15) is 9.59 Å². The fourth-order valence-corrected chi connectivity index (χ4v) is 3.96. The number of hydrogen-bond acceptors (Lipinski definition) is 5. The van der Waals surface area contributed by atoms with Crippen LogP contribution >= 0.6 is 34.5 Å². The number of nitrogens with zero attached hydrogens (tertiary/aromatic N) is 3. The van der Waals surface area contributed by atoms with Crippen molar-refractivity contribution in [2.24, 2.45) is 0 Å². The number of carbonyl (C=O) groups excluding carboxylic acids is 1. The van der Waals surface area contributed by atoms with E-state index in [0.29, 0.717) is 21.6 Å². The van der Waals surface area contributed by atoms with Gasteiger partial charge in [0.05, 0.1) is 26.7 Å². The average Bonchev–Trinajstić information content (AvgIpc) is 3.24. The third-order valence-electron chi connectivity index (χ3n) is 3.94. The van der Waals surface area contributed by atoms with E-state index in [2.05, 4.69) is 10.1 Å². The van der Waals surface area contributed by atoms with E-state index in [1.54, 1.807) is 35.8 Å². The SMILES string of the molecule is O=C(O)c1ccc(-c2nn(C(=O)c3c(Cl)cccc3Cl)c3scnc23)cc1. The Kier molecular flexibility index (Phi) is 4.43. The van der Waals surface area contributed by atoms with Gasteiger partial charge >= 0.3 is 5.97 Å². The molecule has 0 fully saturated rings. The van der Waals surface area contributed by atoms with Crippen molar-refractivity contribution in [1.29, 1.82) is 0 Å². The summed E-state index contributed by atoms with van der Waals surface area (Å²) in [6.07, 6.45) is 0. The zero-order chi connectivity index (χ0) is 19.1. The van der Waals surface area contributed by atoms with E-state index in [1.807, 2.05) is 0 Å². The van der Waals surface area contributed by atoms with Gasteiger partial charge in [-0.3, -0.25) is 4.79 Å². The number of benzene rings is 2. The molecular formula is C18H9Cl2N3O3S. The van der Waals surface area contributed by atoms with Gasteiger partial charge in [-0.15, -0.1) is 11.3 Å². The van der Waals surface area contributed by atoms with Crippen LogP contribution in [-0.4, -0.2) is 31.7 Å². The lowest BCUT2D eigenvalue weighted by Gasteiger charge is -2.05. The fraction of sp³-hybridized carbons (Fsp3) is 0. The molecule has 0 radical (unpaired) electrons. The second-order valence-electron chi connectivity index (χ2n) is 5.55. The fourth-order valence-electron chi connectivity index (χ4n) is 2.66. The van der Waals surface area contributed by atoms with Gasteiger partial charge < -0.3 is 5.11 Å². The molecule has 0 unspecified atom stereocenters. The van der Waals surface area contributed by atoms with Crippen molar-refractivity contribution in [2.45, 2.75) is 0 Å². The lowest BCUT2D eigenvalue weighted by atomic mass is 10.1. The number of fused-ring (bicyclic) bond motifs is 1. The van der Waals surface area contributed by atoms with Gasteiger partial charge in [-0.05, 0) is 24.3 Å². The number of carboxylic acids is 1. The molecule has 0 aliphatic heterocycles. The summed E-state index contributed by atoms with van der Waals surface area (Å²) in [5, 5.41) is 13.9. The number of thiazole rings is 1. The van der Waals surface area contributed by atoms with Gasteiger partial charge in [0, 0.05) is 5.56 Å². The van der Waals surface area contributed by atoms with Gasteiger partial charge in [-0.2, -0.15) is 9.78 Å². The number of carboxylic acid groups (broad SMARTS) is 1. The minimum absolute atomic E-state index is 0.159. The minimum atomic E-state index is -1.02. The molecule has 0 amide bonds. The number of hydrogen-bond donors (Lipinski definition) is 1. The van der Waals surface area contributed by atoms with Crippen LogP contribution in [0.25, 0.3) is 21.6 Å². The Morgan fingerprint density at radius 3 is 2.33 bits per heavy atom. The maximum Gasteiger partial charge on any atom is 0.335 e. The molecule has 0 aliphatic rings. The summed E-state index contributed by atoms with van der Waals surface area (Å²) in [4.78, 5) is 28.9. The maximum absolute atomic E-state index is 13.0. The summed E-state index contributed by atoms with van der Waals surface area (Å²) in [5.74, 6) is -1.48. The summed E-state index contributed by atoms with van der Waals surface area (Å²) in [5.41, 5.74) is 3.59. The number of carbonyl (C=O) groups is 2. The topological polar surface area (TPSA) is 85.1 Å². The summed E-state index contributed by atoms with van der Waals surface area (Å²) < 4.78 is 1.22. The summed E-state index contributed by atoms with van der Waals surface area (Å²) >= 11 is 13.6. The third-order valence-corrected chi connectivity index (χ3v) is 5.37. The van der Waals surface area contributed by atoms with Crippen molar-refractivity contribution in [2.75, 3.05) is 0 Å². The Hall–Kier alpha value is -2.74. The second-order valence-corrected chi connectivity index (χ2v) is 7.20. The van der Waals surface area contributed by atoms with Crippen molar-refractivity contribution in [3.05, 3.63) is 69.1 Å². The highest BCUT2D eigenvalue weighted by atomic mass is 35.5. The normalized spacial score (nSPS) is 11.0. The van der Waals surface area contributed by atoms with E-state index >= 15 is 0 Å². The van der Waals surface area contributed by atoms with Gasteiger partial charge in [-0.25, -0.2) is 9.78 Å². The number of aromatic nitrogens is 3. The Balaban J connectivity index is 1.86. The molecule has 0 saturated heterocycles. The van der Waals surface area contributed by atoms with Crippen LogP contribution in [0.5, 0.6) is 0 Å². The van der Waals surface area contributed by atoms with E-state index in [-0.39, 0.29) is 21.2 Å². The highest BCUT2D eigenvalue weighted by molar-refractivity contribution is 7.16. The number of halogens is 2. The molecule has 0 atom stereocenters. The summed E-state index contributed by atoms with van der Waals surface area (Å²) in [7, 11) is 0. The first-order valence-electron chi connectivity index (χ1n) is 7.62. The predicted molar refractivity (Wildman–Crippen MR) is 104 cm³/mol. The highest BCUT2D eigenvalue weighted by Gasteiger charge is 2.23. The molecule has 2 aromatic heterocycles. The smallest absolute Gasteiger partial charge is 0.335 e. The minimum Gasteiger partial charge on any atom is -0.478 e. The van der Waals surface area contributed by atoms with Gasteiger partial charge in [0.15, 0.2) is 4.83 Å². The maximum atomic E-state index is 13.0. The van der Waals surface area contributed by atoms with E-state index in [1.165, 1.54) is 28.2 Å². The third kappa shape index (κ3) is 2.99. The Labute approximate surface area is 166 Å². The predicted octanol–water partition coefficient (Wildman–Crippen LogP) is 4.85. The van der Waals surface area contributed by atoms with Crippen LogP contribution < -0.4 is 0 Å². The molecule has 0 spiro atoms. The zero-order valence-electron chi connectivity index (χ0n) is 13.4. The molecule has 2 aromatic carbocycles. The van der Waals surface area contributed by atoms with E-state index < -0.39 is 11.9 Å². The van der Waals surface area contributed by atoms with Gasteiger partial charge in [0.1, 0.15) is 11.2 Å². The van der Waals surface area contributed by atoms with Crippen LogP contribution in [0.2, 0.25) is 10.0 Å². The van der Waals surface area contributed by atoms with Gasteiger partial charge in [0.2, 0.25) is 0 Å². The first kappa shape index (κ1) is 17.7. The second kappa shape index (κ2) is 6.77. The van der Waals surface area contributed by atoms with Crippen LogP contribution in [0.15, 0.2) is 48.0 Å². The molecule has 27 heavy (non-hydrogen) atoms. The van der Waals surface area contributed by atoms with Gasteiger partial charge in [-0.1, -0.05) is 41.4 Å². The Morgan fingerprint density at radius 1 is 1.04 bits per heavy atom. The average molecular weight is 418 g/mol. The molecule has 0 saturated carbocycles.